The third-order valence-corrected chi connectivity index (χ3v) is 7.16. The number of benzene rings is 3. The average Bonchev–Trinajstić information content (AvgIpc) is 3.20. The third kappa shape index (κ3) is 5.68. The molecule has 1 saturated heterocycles. The topological polar surface area (TPSA) is 163 Å². The highest BCUT2D eigenvalue weighted by atomic mass is 32.2. The fourth-order valence-electron chi connectivity index (χ4n) is 4.59. The van der Waals surface area contributed by atoms with Gasteiger partial charge in [-0.05, 0) is 28.8 Å². The summed E-state index contributed by atoms with van der Waals surface area (Å²) in [5.74, 6) is -0.125. The molecule has 4 rings (SSSR count). The van der Waals surface area contributed by atoms with Gasteiger partial charge in [-0.15, -0.1) is 0 Å². The van der Waals surface area contributed by atoms with E-state index in [2.05, 4.69) is 10.2 Å². The SMILES string of the molecule is N=C(N)c1cccc([C@H]2CN(Cc3ccc(-c4ccccc4S(N)(=O)=O)cc3)C[C@@H]2NC(=O)O)c1. The second kappa shape index (κ2) is 9.87. The van der Waals surface area contributed by atoms with Crippen molar-refractivity contribution in [2.45, 2.75) is 23.4 Å². The fourth-order valence-corrected chi connectivity index (χ4v) is 5.36. The Hall–Kier alpha value is -3.73. The molecule has 9 nitrogen and oxygen atoms in total. The van der Waals surface area contributed by atoms with Crippen molar-refractivity contribution < 1.29 is 18.3 Å². The molecular weight excluding hydrogens is 466 g/mol. The van der Waals surface area contributed by atoms with Gasteiger partial charge in [-0.1, -0.05) is 60.7 Å². The van der Waals surface area contributed by atoms with Crippen molar-refractivity contribution in [3.8, 4) is 11.1 Å². The Bertz CT molecular complexity index is 1360. The maximum absolute atomic E-state index is 11.9. The van der Waals surface area contributed by atoms with Gasteiger partial charge in [0, 0.05) is 36.7 Å². The van der Waals surface area contributed by atoms with E-state index in [9.17, 15) is 18.3 Å². The van der Waals surface area contributed by atoms with Gasteiger partial charge in [0.1, 0.15) is 5.84 Å². The lowest BCUT2D eigenvalue weighted by Gasteiger charge is -2.19. The normalized spacial score (nSPS) is 18.3. The molecule has 2 atom stereocenters. The van der Waals surface area contributed by atoms with E-state index >= 15 is 0 Å². The summed E-state index contributed by atoms with van der Waals surface area (Å²) in [6.45, 7) is 1.75. The van der Waals surface area contributed by atoms with E-state index in [4.69, 9.17) is 16.3 Å². The quantitative estimate of drug-likeness (QED) is 0.251. The smallest absolute Gasteiger partial charge is 0.404 e. The molecule has 1 aliphatic heterocycles. The minimum atomic E-state index is -3.85. The number of carbonyl (C=O) groups is 1. The van der Waals surface area contributed by atoms with Crippen LogP contribution in [-0.2, 0) is 16.6 Å². The Balaban J connectivity index is 1.53. The van der Waals surface area contributed by atoms with Crippen LogP contribution in [0.4, 0.5) is 4.79 Å². The predicted octanol–water partition coefficient (Wildman–Crippen LogP) is 2.52. The number of likely N-dealkylation sites (tertiary alicyclic amines) is 1. The number of primary sulfonamides is 1. The Morgan fingerprint density at radius 3 is 2.43 bits per heavy atom. The van der Waals surface area contributed by atoms with E-state index in [0.29, 0.717) is 30.8 Å². The summed E-state index contributed by atoms with van der Waals surface area (Å²) >= 11 is 0. The molecule has 35 heavy (non-hydrogen) atoms. The van der Waals surface area contributed by atoms with Crippen LogP contribution in [0.3, 0.4) is 0 Å². The van der Waals surface area contributed by atoms with E-state index in [1.807, 2.05) is 42.5 Å². The van der Waals surface area contributed by atoms with E-state index in [-0.39, 0.29) is 22.7 Å². The number of nitrogen functional groups attached to an aromatic ring is 1. The molecular formula is C25H27N5O4S. The van der Waals surface area contributed by atoms with Crippen molar-refractivity contribution >= 4 is 22.0 Å². The van der Waals surface area contributed by atoms with Crippen LogP contribution in [0, 0.1) is 5.41 Å². The second-order valence-electron chi connectivity index (χ2n) is 8.63. The van der Waals surface area contributed by atoms with Gasteiger partial charge in [0.05, 0.1) is 10.9 Å². The Morgan fingerprint density at radius 1 is 1.06 bits per heavy atom. The van der Waals surface area contributed by atoms with E-state index in [1.165, 1.54) is 6.07 Å². The monoisotopic (exact) mass is 493 g/mol. The van der Waals surface area contributed by atoms with Crippen LogP contribution in [0.15, 0.2) is 77.7 Å². The largest absolute Gasteiger partial charge is 0.465 e. The zero-order chi connectivity index (χ0) is 25.2. The van der Waals surface area contributed by atoms with Gasteiger partial charge < -0.3 is 16.2 Å². The van der Waals surface area contributed by atoms with Crippen molar-refractivity contribution in [1.29, 1.82) is 5.41 Å². The molecule has 0 unspecified atom stereocenters. The lowest BCUT2D eigenvalue weighted by molar-refractivity contribution is 0.188. The summed E-state index contributed by atoms with van der Waals surface area (Å²) in [5.41, 5.74) is 9.45. The number of hydrogen-bond acceptors (Lipinski definition) is 5. The number of nitrogens with two attached hydrogens (primary N) is 2. The van der Waals surface area contributed by atoms with E-state index < -0.39 is 16.1 Å². The van der Waals surface area contributed by atoms with Crippen LogP contribution < -0.4 is 16.2 Å². The molecule has 10 heteroatoms. The molecule has 182 valence electrons. The number of hydrogen-bond donors (Lipinski definition) is 5. The number of carboxylic acid groups (broad SMARTS) is 1. The van der Waals surface area contributed by atoms with Gasteiger partial charge in [0.15, 0.2) is 0 Å². The van der Waals surface area contributed by atoms with Gasteiger partial charge in [-0.3, -0.25) is 10.3 Å². The summed E-state index contributed by atoms with van der Waals surface area (Å²) in [4.78, 5) is 13.6. The van der Waals surface area contributed by atoms with Gasteiger partial charge in [0.2, 0.25) is 10.0 Å². The zero-order valence-corrected chi connectivity index (χ0v) is 19.7. The number of amides is 1. The van der Waals surface area contributed by atoms with Crippen molar-refractivity contribution in [2.24, 2.45) is 10.9 Å². The fraction of sp³-hybridized carbons (Fsp3) is 0.200. The van der Waals surface area contributed by atoms with Crippen LogP contribution >= 0.6 is 0 Å². The second-order valence-corrected chi connectivity index (χ2v) is 10.2. The highest BCUT2D eigenvalue weighted by Crippen LogP contribution is 2.31. The maximum atomic E-state index is 11.9. The molecule has 0 bridgehead atoms. The summed E-state index contributed by atoms with van der Waals surface area (Å²) < 4.78 is 23.9. The van der Waals surface area contributed by atoms with Crippen LogP contribution in [0.5, 0.6) is 0 Å². The number of nitrogens with zero attached hydrogens (tertiary/aromatic N) is 1. The summed E-state index contributed by atoms with van der Waals surface area (Å²) in [6, 6.07) is 21.2. The van der Waals surface area contributed by atoms with Crippen molar-refractivity contribution in [2.75, 3.05) is 13.1 Å². The van der Waals surface area contributed by atoms with E-state index in [0.717, 1.165) is 16.7 Å². The molecule has 3 aromatic rings. The Morgan fingerprint density at radius 2 is 1.77 bits per heavy atom. The Labute approximate surface area is 203 Å². The Kier molecular flexibility index (Phi) is 6.88. The molecule has 1 amide bonds. The van der Waals surface area contributed by atoms with Crippen LogP contribution in [0.25, 0.3) is 11.1 Å². The first-order valence-corrected chi connectivity index (χ1v) is 12.5. The molecule has 0 radical (unpaired) electrons. The van der Waals surface area contributed by atoms with Crippen molar-refractivity contribution in [3.05, 3.63) is 89.5 Å². The molecule has 7 N–H and O–H groups in total. The van der Waals surface area contributed by atoms with Gasteiger partial charge in [-0.25, -0.2) is 18.4 Å². The number of rotatable bonds is 7. The first kappa shape index (κ1) is 24.4. The first-order valence-electron chi connectivity index (χ1n) is 11.0. The lowest BCUT2D eigenvalue weighted by Crippen LogP contribution is -2.38. The number of nitrogens with one attached hydrogen (secondary N) is 2. The van der Waals surface area contributed by atoms with Crippen molar-refractivity contribution in [1.82, 2.24) is 10.2 Å². The van der Waals surface area contributed by atoms with Gasteiger partial charge in [-0.2, -0.15) is 0 Å². The molecule has 0 aliphatic carbocycles. The third-order valence-electron chi connectivity index (χ3n) is 6.19. The summed E-state index contributed by atoms with van der Waals surface area (Å²) in [7, 11) is -3.85. The highest BCUT2D eigenvalue weighted by Gasteiger charge is 2.35. The minimum Gasteiger partial charge on any atom is -0.465 e. The summed E-state index contributed by atoms with van der Waals surface area (Å²) in [6.07, 6.45) is -1.08. The van der Waals surface area contributed by atoms with E-state index in [1.54, 1.807) is 24.3 Å². The predicted molar refractivity (Wildman–Crippen MR) is 134 cm³/mol. The van der Waals surface area contributed by atoms with Crippen LogP contribution in [0.2, 0.25) is 0 Å². The first-order chi connectivity index (χ1) is 16.6. The molecule has 0 aromatic heterocycles. The molecule has 1 heterocycles. The average molecular weight is 494 g/mol. The van der Waals surface area contributed by atoms with Gasteiger partial charge >= 0.3 is 6.09 Å². The van der Waals surface area contributed by atoms with Crippen LogP contribution in [0.1, 0.15) is 22.6 Å². The number of amidine groups is 1. The van der Waals surface area contributed by atoms with Gasteiger partial charge in [0.25, 0.3) is 0 Å². The summed E-state index contributed by atoms with van der Waals surface area (Å²) in [5, 5.41) is 25.0. The maximum Gasteiger partial charge on any atom is 0.404 e. The highest BCUT2D eigenvalue weighted by molar-refractivity contribution is 7.89. The standard InChI is InChI=1S/C25H27N5O4S/c26-24(27)19-5-3-4-18(12-19)21-14-30(15-22(21)29-25(31)32)13-16-8-10-17(11-9-16)20-6-1-2-7-23(20)35(28,33)34/h1-12,21-22,29H,13-15H2,(H3,26,27)(H,31,32)(H2,28,33,34)/t21-,22+/m1/s1. The molecule has 3 aromatic carbocycles. The lowest BCUT2D eigenvalue weighted by atomic mass is 9.93. The minimum absolute atomic E-state index is 0.0338. The van der Waals surface area contributed by atoms with Crippen molar-refractivity contribution in [3.63, 3.8) is 0 Å². The molecule has 1 aliphatic rings. The number of sulfonamides is 1. The molecule has 1 fully saturated rings. The molecule has 0 saturated carbocycles. The van der Waals surface area contributed by atoms with Crippen LogP contribution in [-0.4, -0.2) is 49.5 Å². The zero-order valence-electron chi connectivity index (χ0n) is 18.9. The molecule has 0 spiro atoms.